The van der Waals surface area contributed by atoms with Gasteiger partial charge in [0.2, 0.25) is 0 Å². The van der Waals surface area contributed by atoms with Crippen LogP contribution in [0.25, 0.3) is 5.57 Å². The van der Waals surface area contributed by atoms with Gasteiger partial charge in [-0.3, -0.25) is 10.2 Å². The number of halogens is 3. The lowest BCUT2D eigenvalue weighted by atomic mass is 9.81. The molecule has 0 spiro atoms. The quantitative estimate of drug-likeness (QED) is 0.564. The summed E-state index contributed by atoms with van der Waals surface area (Å²) in [6, 6.07) is 12.7. The van der Waals surface area contributed by atoms with Crippen LogP contribution in [0.5, 0.6) is 0 Å². The molecule has 2 unspecified atom stereocenters. The lowest BCUT2D eigenvalue weighted by Crippen LogP contribution is -2.58. The predicted octanol–water partition coefficient (Wildman–Crippen LogP) is 3.21. The van der Waals surface area contributed by atoms with E-state index in [1.165, 1.54) is 25.1 Å². The van der Waals surface area contributed by atoms with Gasteiger partial charge in [0.1, 0.15) is 6.10 Å². The zero-order valence-electron chi connectivity index (χ0n) is 18.2. The fourth-order valence-corrected chi connectivity index (χ4v) is 3.71. The number of alkyl halides is 3. The molecule has 8 nitrogen and oxygen atoms in total. The Balaban J connectivity index is 1.63. The van der Waals surface area contributed by atoms with Gasteiger partial charge in [-0.05, 0) is 42.3 Å². The number of hydrogen-bond acceptors (Lipinski definition) is 6. The van der Waals surface area contributed by atoms with E-state index in [1.807, 2.05) is 0 Å². The van der Waals surface area contributed by atoms with E-state index in [0.717, 1.165) is 23.2 Å². The van der Waals surface area contributed by atoms with Crippen molar-refractivity contribution in [3.8, 4) is 0 Å². The van der Waals surface area contributed by atoms with Crippen molar-refractivity contribution in [2.45, 2.75) is 24.7 Å². The number of aliphatic hydroxyl groups is 1. The van der Waals surface area contributed by atoms with Gasteiger partial charge < -0.3 is 10.2 Å². The summed E-state index contributed by atoms with van der Waals surface area (Å²) in [7, 11) is 0. The van der Waals surface area contributed by atoms with Crippen molar-refractivity contribution in [1.29, 1.82) is 0 Å². The molecule has 2 aliphatic rings. The fraction of sp³-hybridized carbons (Fsp3) is 0.167. The van der Waals surface area contributed by atoms with Crippen molar-refractivity contribution in [1.82, 2.24) is 5.43 Å². The van der Waals surface area contributed by atoms with Crippen LogP contribution in [0.2, 0.25) is 0 Å². The van der Waals surface area contributed by atoms with Gasteiger partial charge in [0, 0.05) is 0 Å². The molecule has 0 radical (unpaired) electrons. The third-order valence-electron chi connectivity index (χ3n) is 5.58. The second-order valence-corrected chi connectivity index (χ2v) is 7.85. The van der Waals surface area contributed by atoms with Crippen LogP contribution in [-0.4, -0.2) is 45.2 Å². The van der Waals surface area contributed by atoms with E-state index in [9.17, 15) is 33.0 Å². The van der Waals surface area contributed by atoms with Crippen molar-refractivity contribution in [2.24, 2.45) is 10.2 Å². The number of anilines is 1. The molecule has 11 heteroatoms. The van der Waals surface area contributed by atoms with Crippen LogP contribution >= 0.6 is 0 Å². The van der Waals surface area contributed by atoms with E-state index in [0.29, 0.717) is 11.1 Å². The molecule has 0 aromatic heterocycles. The van der Waals surface area contributed by atoms with E-state index in [1.54, 1.807) is 36.4 Å². The number of amides is 1. The summed E-state index contributed by atoms with van der Waals surface area (Å²) in [4.78, 5) is 25.2. The Hall–Kier alpha value is -4.25. The molecule has 0 saturated heterocycles. The Morgan fingerprint density at radius 3 is 2.54 bits per heavy atom. The van der Waals surface area contributed by atoms with Gasteiger partial charge >= 0.3 is 18.1 Å². The zero-order valence-corrected chi connectivity index (χ0v) is 18.2. The van der Waals surface area contributed by atoms with E-state index < -0.39 is 35.3 Å². The normalized spacial score (nSPS) is 23.3. The number of allylic oxidation sites excluding steroid dienone is 2. The first-order valence-corrected chi connectivity index (χ1v) is 10.3. The number of nitrogens with zero attached hydrogens (tertiary/aromatic N) is 3. The number of carbonyl (C=O) groups excluding carboxylic acids is 1. The van der Waals surface area contributed by atoms with Crippen molar-refractivity contribution in [3.05, 3.63) is 84.0 Å². The molecule has 180 valence electrons. The van der Waals surface area contributed by atoms with Crippen LogP contribution in [0.15, 0.2) is 83.0 Å². The highest BCUT2D eigenvalue weighted by molar-refractivity contribution is 6.71. The van der Waals surface area contributed by atoms with Crippen LogP contribution in [0.1, 0.15) is 18.1 Å². The van der Waals surface area contributed by atoms with Gasteiger partial charge in [-0.2, -0.15) is 28.4 Å². The number of hydrazone groups is 2. The maximum absolute atomic E-state index is 13.1. The minimum Gasteiger partial charge on any atom is -0.479 e. The third-order valence-corrected chi connectivity index (χ3v) is 5.58. The predicted molar refractivity (Wildman–Crippen MR) is 123 cm³/mol. The van der Waals surface area contributed by atoms with Crippen LogP contribution in [0, 0.1) is 0 Å². The minimum absolute atomic E-state index is 0.0496. The van der Waals surface area contributed by atoms with E-state index in [4.69, 9.17) is 0 Å². The second-order valence-electron chi connectivity index (χ2n) is 7.85. The standard InChI is InChI=1S/C24H19F3N4O4/c1-14-19(21(33)31(29-14)17-10-5-9-16(13-17)24(25,26)27)28-30-23(22(34)35)12-6-11-18(20(23)32)15-7-3-2-4-8-15/h2-13,20,30,32H,1H3,(H,34,35). The third kappa shape index (κ3) is 4.33. The number of nitrogens with one attached hydrogen (secondary N) is 1. The number of aliphatic carboxylic acids is 1. The van der Waals surface area contributed by atoms with Gasteiger partial charge in [0.05, 0.1) is 17.0 Å². The molecular formula is C24H19F3N4O4. The maximum atomic E-state index is 13.1. The molecule has 35 heavy (non-hydrogen) atoms. The highest BCUT2D eigenvalue weighted by Crippen LogP contribution is 2.33. The average Bonchev–Trinajstić information content (AvgIpc) is 3.11. The fourth-order valence-electron chi connectivity index (χ4n) is 3.71. The van der Waals surface area contributed by atoms with Gasteiger partial charge in [-0.1, -0.05) is 48.6 Å². The lowest BCUT2D eigenvalue weighted by Gasteiger charge is -2.34. The Morgan fingerprint density at radius 1 is 1.17 bits per heavy atom. The monoisotopic (exact) mass is 484 g/mol. The SMILES string of the molecule is CC1=NN(c2cccc(C(F)(F)F)c2)C(=O)C1=NNC1(C(=O)O)C=CC=C(c2ccccc2)C1O. The van der Waals surface area contributed by atoms with Crippen LogP contribution in [0.4, 0.5) is 18.9 Å². The smallest absolute Gasteiger partial charge is 0.416 e. The number of carbonyl (C=O) groups is 2. The molecule has 0 saturated carbocycles. The average molecular weight is 484 g/mol. The topological polar surface area (TPSA) is 115 Å². The van der Waals surface area contributed by atoms with E-state index in [-0.39, 0.29) is 17.1 Å². The van der Waals surface area contributed by atoms with Crippen LogP contribution in [-0.2, 0) is 15.8 Å². The summed E-state index contributed by atoms with van der Waals surface area (Å²) in [5, 5.41) is 29.6. The Morgan fingerprint density at radius 2 is 1.89 bits per heavy atom. The molecule has 4 rings (SSSR count). The molecule has 1 aliphatic heterocycles. The molecule has 3 N–H and O–H groups in total. The molecule has 1 amide bonds. The van der Waals surface area contributed by atoms with Crippen molar-refractivity contribution >= 4 is 34.6 Å². The van der Waals surface area contributed by atoms with Crippen molar-refractivity contribution < 1.29 is 33.0 Å². The minimum atomic E-state index is -4.61. The summed E-state index contributed by atoms with van der Waals surface area (Å²) in [6.07, 6.45) is -1.98. The summed E-state index contributed by atoms with van der Waals surface area (Å²) in [5.41, 5.74) is -0.153. The summed E-state index contributed by atoms with van der Waals surface area (Å²) in [6.45, 7) is 1.40. The number of rotatable bonds is 5. The Labute approximate surface area is 197 Å². The number of hydrogen-bond donors (Lipinski definition) is 3. The largest absolute Gasteiger partial charge is 0.479 e. The van der Waals surface area contributed by atoms with E-state index in [2.05, 4.69) is 15.6 Å². The summed E-state index contributed by atoms with van der Waals surface area (Å²) >= 11 is 0. The van der Waals surface area contributed by atoms with Crippen molar-refractivity contribution in [2.75, 3.05) is 5.01 Å². The molecule has 2 aromatic carbocycles. The van der Waals surface area contributed by atoms with Crippen LogP contribution in [0.3, 0.4) is 0 Å². The summed E-state index contributed by atoms with van der Waals surface area (Å²) < 4.78 is 39.2. The van der Waals surface area contributed by atoms with E-state index >= 15 is 0 Å². The number of aliphatic hydroxyl groups excluding tert-OH is 1. The van der Waals surface area contributed by atoms with Gasteiger partial charge in [0.15, 0.2) is 11.3 Å². The van der Waals surface area contributed by atoms with Crippen LogP contribution < -0.4 is 10.4 Å². The molecule has 0 bridgehead atoms. The number of carboxylic acids is 1. The van der Waals surface area contributed by atoms with Gasteiger partial charge in [-0.15, -0.1) is 0 Å². The first-order valence-electron chi connectivity index (χ1n) is 10.3. The highest BCUT2D eigenvalue weighted by Gasteiger charge is 2.47. The highest BCUT2D eigenvalue weighted by atomic mass is 19.4. The summed E-state index contributed by atoms with van der Waals surface area (Å²) in [5.74, 6) is -2.31. The number of carboxylic acid groups (broad SMARTS) is 1. The molecule has 1 aliphatic carbocycles. The second kappa shape index (κ2) is 8.84. The number of benzene rings is 2. The lowest BCUT2D eigenvalue weighted by molar-refractivity contribution is -0.145. The zero-order chi connectivity index (χ0) is 25.4. The molecular weight excluding hydrogens is 465 g/mol. The first-order chi connectivity index (χ1) is 16.5. The molecule has 2 atom stereocenters. The molecule has 0 fully saturated rings. The maximum Gasteiger partial charge on any atom is 0.416 e. The Bertz CT molecular complexity index is 1300. The van der Waals surface area contributed by atoms with Crippen molar-refractivity contribution in [3.63, 3.8) is 0 Å². The molecule has 1 heterocycles. The van der Waals surface area contributed by atoms with Gasteiger partial charge in [-0.25, -0.2) is 4.79 Å². The first kappa shape index (κ1) is 23.9. The molecule has 2 aromatic rings. The Kier molecular flexibility index (Phi) is 6.03. The van der Waals surface area contributed by atoms with Gasteiger partial charge in [0.25, 0.3) is 0 Å².